The van der Waals surface area contributed by atoms with Crippen LogP contribution in [-0.2, 0) is 36.5 Å². The maximum Gasteiger partial charge on any atom is 0.277 e. The van der Waals surface area contributed by atoms with Crippen molar-refractivity contribution in [1.29, 1.82) is 0 Å². The smallest absolute Gasteiger partial charge is 0.270 e. The zero-order valence-corrected chi connectivity index (χ0v) is 20.7. The van der Waals surface area contributed by atoms with Crippen molar-refractivity contribution in [3.63, 3.8) is 0 Å². The number of aryl methyl sites for hydroxylation is 1. The van der Waals surface area contributed by atoms with Crippen molar-refractivity contribution >= 4 is 41.4 Å². The first kappa shape index (κ1) is 25.1. The van der Waals surface area contributed by atoms with Crippen molar-refractivity contribution in [2.45, 2.75) is 22.6 Å². The summed E-state index contributed by atoms with van der Waals surface area (Å²) in [4.78, 5) is -1.31. The van der Waals surface area contributed by atoms with Gasteiger partial charge in [0.25, 0.3) is 20.0 Å². The third-order valence-electron chi connectivity index (χ3n) is 5.38. The molecule has 0 amide bonds. The van der Waals surface area contributed by atoms with Gasteiger partial charge in [0.15, 0.2) is 0 Å². The van der Waals surface area contributed by atoms with Gasteiger partial charge in [-0.25, -0.2) is 34.0 Å². The first-order chi connectivity index (χ1) is 16.3. The normalized spacial score (nSPS) is 14.4. The molecular weight excluding hydrogens is 522 g/mol. The molecule has 186 valence electrons. The number of fused-ring (bicyclic) bond motifs is 1. The van der Waals surface area contributed by atoms with E-state index in [1.807, 2.05) is 0 Å². The summed E-state index contributed by atoms with van der Waals surface area (Å²) < 4.78 is 108. The van der Waals surface area contributed by atoms with Crippen LogP contribution < -0.4 is 8.02 Å². The van der Waals surface area contributed by atoms with Crippen molar-refractivity contribution in [2.75, 3.05) is 20.8 Å². The first-order valence-corrected chi connectivity index (χ1v) is 15.0. The minimum absolute atomic E-state index is 0.0683. The van der Waals surface area contributed by atoms with Crippen LogP contribution in [-0.4, -0.2) is 38.1 Å². The van der Waals surface area contributed by atoms with Crippen LogP contribution in [0.2, 0.25) is 0 Å². The van der Waals surface area contributed by atoms with Gasteiger partial charge >= 0.3 is 0 Å². The number of anilines is 2. The molecule has 0 spiro atoms. The minimum atomic E-state index is -4.96. The van der Waals surface area contributed by atoms with Crippen LogP contribution >= 0.6 is 0 Å². The second-order valence-corrected chi connectivity index (χ2v) is 13.6. The quantitative estimate of drug-likeness (QED) is 0.473. The Morgan fingerprint density at radius 3 is 1.80 bits per heavy atom. The number of rotatable bonds is 6. The summed E-state index contributed by atoms with van der Waals surface area (Å²) in [6, 6.07) is 11.4. The lowest BCUT2D eigenvalue weighted by Crippen LogP contribution is -2.38. The van der Waals surface area contributed by atoms with Crippen molar-refractivity contribution < 1.29 is 34.0 Å². The van der Waals surface area contributed by atoms with Crippen molar-refractivity contribution in [3.8, 4) is 0 Å². The summed E-state index contributed by atoms with van der Waals surface area (Å²) in [6.07, 6.45) is 2.00. The van der Waals surface area contributed by atoms with E-state index in [0.717, 1.165) is 53.0 Å². The van der Waals surface area contributed by atoms with Gasteiger partial charge in [0.05, 0.1) is 27.4 Å². The second-order valence-electron chi connectivity index (χ2n) is 7.87. The molecule has 0 saturated carbocycles. The van der Waals surface area contributed by atoms with Crippen LogP contribution in [0.5, 0.6) is 0 Å². The summed E-state index contributed by atoms with van der Waals surface area (Å²) in [6.45, 7) is 0.128. The topological polar surface area (TPSA) is 109 Å². The molecule has 3 aromatic carbocycles. The molecule has 0 unspecified atom stereocenters. The van der Waals surface area contributed by atoms with Crippen LogP contribution in [0, 0.1) is 11.6 Å². The number of halogens is 2. The number of hydrogen-bond donors (Lipinski definition) is 0. The number of sulfonamides is 3. The molecule has 0 bridgehead atoms. The summed E-state index contributed by atoms with van der Waals surface area (Å²) >= 11 is 0. The highest BCUT2D eigenvalue weighted by atomic mass is 32.3. The molecule has 0 aliphatic carbocycles. The van der Waals surface area contributed by atoms with Gasteiger partial charge in [-0.05, 0) is 66.9 Å². The second kappa shape index (κ2) is 8.88. The fraction of sp³-hybridized carbons (Fsp3) is 0.182. The van der Waals surface area contributed by atoms with E-state index >= 15 is 0 Å². The van der Waals surface area contributed by atoms with E-state index in [9.17, 15) is 34.0 Å². The van der Waals surface area contributed by atoms with Gasteiger partial charge in [-0.2, -0.15) is 3.71 Å². The summed E-state index contributed by atoms with van der Waals surface area (Å²) in [7, 11) is -13.7. The number of hydrogen-bond acceptors (Lipinski definition) is 6. The van der Waals surface area contributed by atoms with Crippen LogP contribution in [0.15, 0.2) is 76.5 Å². The molecule has 3 aromatic rings. The molecule has 8 nitrogen and oxygen atoms in total. The molecule has 0 fully saturated rings. The SMILES string of the molecule is CS(=O)(=O)N1CCCc2ccc(N(S(=O)(=O)c3cccc(F)c3)S(=O)(=O)c3cccc(F)c3)cc21. The summed E-state index contributed by atoms with van der Waals surface area (Å²) in [5.74, 6) is -1.83. The fourth-order valence-electron chi connectivity index (χ4n) is 3.84. The predicted octanol–water partition coefficient (Wildman–Crippen LogP) is 3.26. The molecule has 0 radical (unpaired) electrons. The molecule has 0 saturated heterocycles. The lowest BCUT2D eigenvalue weighted by atomic mass is 10.0. The molecule has 0 aromatic heterocycles. The highest BCUT2D eigenvalue weighted by Crippen LogP contribution is 2.37. The average molecular weight is 543 g/mol. The number of nitrogens with zero attached hydrogens (tertiary/aromatic N) is 2. The Labute approximate surface area is 202 Å². The van der Waals surface area contributed by atoms with E-state index in [1.54, 1.807) is 0 Å². The van der Waals surface area contributed by atoms with E-state index in [2.05, 4.69) is 0 Å². The Morgan fingerprint density at radius 1 is 0.771 bits per heavy atom. The van der Waals surface area contributed by atoms with Crippen molar-refractivity contribution in [2.24, 2.45) is 0 Å². The standard InChI is InChI=1S/C22H20F2N2O6S3/c1-33(27,28)25-12-4-5-16-10-11-19(15-22(16)25)26(34(29,30)20-8-2-6-17(23)13-20)35(31,32)21-9-3-7-18(24)14-21/h2-3,6-11,13-15H,4-5,12H2,1H3. The van der Waals surface area contributed by atoms with Crippen LogP contribution in [0.25, 0.3) is 0 Å². The Hall–Kier alpha value is -3.03. The highest BCUT2D eigenvalue weighted by molar-refractivity contribution is 8.10. The maximum absolute atomic E-state index is 13.9. The molecule has 1 aliphatic heterocycles. The number of benzene rings is 3. The lowest BCUT2D eigenvalue weighted by molar-refractivity contribution is 0.579. The van der Waals surface area contributed by atoms with Crippen molar-refractivity contribution in [1.82, 2.24) is 0 Å². The van der Waals surface area contributed by atoms with Crippen LogP contribution in [0.3, 0.4) is 0 Å². The predicted molar refractivity (Wildman–Crippen MR) is 127 cm³/mol. The van der Waals surface area contributed by atoms with Crippen molar-refractivity contribution in [3.05, 3.63) is 83.9 Å². The molecule has 35 heavy (non-hydrogen) atoms. The Kier molecular flexibility index (Phi) is 6.36. The zero-order chi connectivity index (χ0) is 25.6. The third-order valence-corrected chi connectivity index (χ3v) is 10.7. The average Bonchev–Trinajstić information content (AvgIpc) is 2.77. The van der Waals surface area contributed by atoms with Crippen LogP contribution in [0.1, 0.15) is 12.0 Å². The van der Waals surface area contributed by atoms with E-state index in [1.165, 1.54) is 12.1 Å². The Balaban J connectivity index is 2.00. The minimum Gasteiger partial charge on any atom is -0.270 e. The summed E-state index contributed by atoms with van der Waals surface area (Å²) in [5.41, 5.74) is 0.301. The van der Waals surface area contributed by atoms with Gasteiger partial charge in [-0.1, -0.05) is 18.2 Å². The van der Waals surface area contributed by atoms with Gasteiger partial charge in [0.1, 0.15) is 11.6 Å². The monoisotopic (exact) mass is 542 g/mol. The van der Waals surface area contributed by atoms with E-state index in [4.69, 9.17) is 0 Å². The Bertz CT molecular complexity index is 1550. The van der Waals surface area contributed by atoms with Gasteiger partial charge in [0, 0.05) is 6.54 Å². The molecule has 1 aliphatic rings. The van der Waals surface area contributed by atoms with Crippen LogP contribution in [0.4, 0.5) is 20.2 Å². The van der Waals surface area contributed by atoms with Gasteiger partial charge in [-0.15, -0.1) is 0 Å². The molecular formula is C22H20F2N2O6S3. The lowest BCUT2D eigenvalue weighted by Gasteiger charge is -2.31. The molecule has 4 rings (SSSR count). The first-order valence-electron chi connectivity index (χ1n) is 10.2. The molecule has 13 heteroatoms. The molecule has 0 N–H and O–H groups in total. The fourth-order valence-corrected chi connectivity index (χ4v) is 8.57. The van der Waals surface area contributed by atoms with E-state index < -0.39 is 57.2 Å². The maximum atomic E-state index is 13.9. The third kappa shape index (κ3) is 4.75. The van der Waals surface area contributed by atoms with Gasteiger partial charge < -0.3 is 0 Å². The highest BCUT2D eigenvalue weighted by Gasteiger charge is 2.38. The Morgan fingerprint density at radius 2 is 1.31 bits per heavy atom. The largest absolute Gasteiger partial charge is 0.277 e. The van der Waals surface area contributed by atoms with Gasteiger partial charge in [-0.3, -0.25) is 4.31 Å². The van der Waals surface area contributed by atoms with Gasteiger partial charge in [0.2, 0.25) is 10.0 Å². The molecule has 1 heterocycles. The molecule has 0 atom stereocenters. The van der Waals surface area contributed by atoms with E-state index in [-0.39, 0.29) is 15.9 Å². The zero-order valence-electron chi connectivity index (χ0n) is 18.3. The van der Waals surface area contributed by atoms with E-state index in [0.29, 0.717) is 30.5 Å². The summed E-state index contributed by atoms with van der Waals surface area (Å²) in [5, 5.41) is 0.